The smallest absolute Gasteiger partial charge is 0.247 e. The molecule has 1 N–H and O–H groups in total. The van der Waals surface area contributed by atoms with Crippen molar-refractivity contribution in [3.05, 3.63) is 113 Å². The number of amides is 1. The Morgan fingerprint density at radius 3 is 2.26 bits per heavy atom. The number of para-hydroxylation sites is 1. The van der Waals surface area contributed by atoms with Gasteiger partial charge in [0.05, 0.1) is 19.3 Å². The van der Waals surface area contributed by atoms with E-state index in [1.54, 1.807) is 55.5 Å². The summed E-state index contributed by atoms with van der Waals surface area (Å²) in [4.78, 5) is 13.3. The summed E-state index contributed by atoms with van der Waals surface area (Å²) in [5.74, 6) is 0.615. The maximum Gasteiger partial charge on any atom is 0.247 e. The predicted octanol–water partition coefficient (Wildman–Crippen LogP) is 6.32. The van der Waals surface area contributed by atoms with E-state index in [-0.39, 0.29) is 17.2 Å². The zero-order chi connectivity index (χ0) is 27.8. The van der Waals surface area contributed by atoms with Gasteiger partial charge in [-0.15, -0.1) is 0 Å². The molecule has 0 saturated carbocycles. The SMILES string of the molecule is COc1ccc(C)cc1S(=O)(=O)N(CCc1ccccc1)CC(=O)Nc1cc(Cl)ccc1Oc1ccccc1. The summed E-state index contributed by atoms with van der Waals surface area (Å²) in [6.07, 6.45) is 0.418. The molecule has 0 aliphatic heterocycles. The van der Waals surface area contributed by atoms with Gasteiger partial charge in [-0.2, -0.15) is 4.31 Å². The highest BCUT2D eigenvalue weighted by Crippen LogP contribution is 2.32. The van der Waals surface area contributed by atoms with Gasteiger partial charge in [0.2, 0.25) is 15.9 Å². The van der Waals surface area contributed by atoms with Crippen LogP contribution in [0, 0.1) is 6.92 Å². The third kappa shape index (κ3) is 7.38. The molecule has 0 atom stereocenters. The monoisotopic (exact) mass is 564 g/mol. The molecular weight excluding hydrogens is 536 g/mol. The number of anilines is 1. The fourth-order valence-electron chi connectivity index (χ4n) is 3.96. The first-order chi connectivity index (χ1) is 18.8. The number of hydrogen-bond acceptors (Lipinski definition) is 5. The van der Waals surface area contributed by atoms with Crippen molar-refractivity contribution in [3.8, 4) is 17.2 Å². The number of hydrogen-bond donors (Lipinski definition) is 1. The Hall–Kier alpha value is -3.85. The summed E-state index contributed by atoms with van der Waals surface area (Å²) < 4.78 is 40.2. The maximum absolute atomic E-state index is 13.9. The van der Waals surface area contributed by atoms with Gasteiger partial charge >= 0.3 is 0 Å². The molecule has 0 bridgehead atoms. The number of methoxy groups -OCH3 is 1. The van der Waals surface area contributed by atoms with Crippen LogP contribution in [-0.4, -0.2) is 38.8 Å². The largest absolute Gasteiger partial charge is 0.495 e. The number of ether oxygens (including phenoxy) is 2. The van der Waals surface area contributed by atoms with Crippen molar-refractivity contribution >= 4 is 33.2 Å². The van der Waals surface area contributed by atoms with Crippen LogP contribution in [0.25, 0.3) is 0 Å². The van der Waals surface area contributed by atoms with Crippen molar-refractivity contribution in [1.82, 2.24) is 4.31 Å². The molecule has 0 radical (unpaired) electrons. The molecule has 0 aliphatic rings. The van der Waals surface area contributed by atoms with Crippen LogP contribution < -0.4 is 14.8 Å². The van der Waals surface area contributed by atoms with Crippen LogP contribution in [0.4, 0.5) is 5.69 Å². The predicted molar refractivity (Wildman–Crippen MR) is 153 cm³/mol. The lowest BCUT2D eigenvalue weighted by atomic mass is 10.1. The summed E-state index contributed by atoms with van der Waals surface area (Å²) in [6, 6.07) is 28.4. The molecular formula is C30H29ClN2O5S. The number of carbonyl (C=O) groups is 1. The number of rotatable bonds is 11. The summed E-state index contributed by atoms with van der Waals surface area (Å²) in [6.45, 7) is 1.45. The molecule has 0 saturated heterocycles. The minimum absolute atomic E-state index is 0.00159. The first kappa shape index (κ1) is 28.2. The van der Waals surface area contributed by atoms with Crippen molar-refractivity contribution in [2.45, 2.75) is 18.2 Å². The van der Waals surface area contributed by atoms with Gasteiger partial charge in [-0.1, -0.05) is 66.2 Å². The molecule has 4 rings (SSSR count). The number of benzene rings is 4. The highest BCUT2D eigenvalue weighted by molar-refractivity contribution is 7.89. The average Bonchev–Trinajstić information content (AvgIpc) is 2.93. The van der Waals surface area contributed by atoms with Crippen LogP contribution in [0.15, 0.2) is 102 Å². The van der Waals surface area contributed by atoms with E-state index in [4.69, 9.17) is 21.1 Å². The molecule has 0 unspecified atom stereocenters. The number of halogens is 1. The summed E-state index contributed by atoms with van der Waals surface area (Å²) >= 11 is 6.20. The number of nitrogens with one attached hydrogen (secondary N) is 1. The second-order valence-corrected chi connectivity index (χ2v) is 11.2. The highest BCUT2D eigenvalue weighted by atomic mass is 35.5. The van der Waals surface area contributed by atoms with Gasteiger partial charge in [-0.25, -0.2) is 8.42 Å². The summed E-state index contributed by atoms with van der Waals surface area (Å²) in [5, 5.41) is 3.17. The molecule has 4 aromatic rings. The molecule has 202 valence electrons. The number of nitrogens with zero attached hydrogens (tertiary/aromatic N) is 1. The molecule has 0 spiro atoms. The van der Waals surface area contributed by atoms with Crippen LogP contribution in [0.1, 0.15) is 11.1 Å². The Kier molecular flexibility index (Phi) is 9.24. The Morgan fingerprint density at radius 2 is 1.56 bits per heavy atom. The quantitative estimate of drug-likeness (QED) is 0.230. The Balaban J connectivity index is 1.61. The van der Waals surface area contributed by atoms with Gasteiger partial charge in [0.15, 0.2) is 5.75 Å². The standard InChI is InChI=1S/C30H29ClN2O5S/c1-22-13-15-28(37-2)29(19-22)39(35,36)33(18-17-23-9-5-3-6-10-23)21-30(34)32-26-20-24(31)14-16-27(26)38-25-11-7-4-8-12-25/h3-16,19-20H,17-18,21H2,1-2H3,(H,32,34). The lowest BCUT2D eigenvalue weighted by molar-refractivity contribution is -0.116. The van der Waals surface area contributed by atoms with E-state index in [0.29, 0.717) is 28.6 Å². The molecule has 39 heavy (non-hydrogen) atoms. The van der Waals surface area contributed by atoms with Crippen molar-refractivity contribution < 1.29 is 22.7 Å². The van der Waals surface area contributed by atoms with Crippen LogP contribution in [0.3, 0.4) is 0 Å². The molecule has 0 fully saturated rings. The first-order valence-corrected chi connectivity index (χ1v) is 14.1. The molecule has 4 aromatic carbocycles. The summed E-state index contributed by atoms with van der Waals surface area (Å²) in [7, 11) is -2.69. The Labute approximate surface area is 234 Å². The van der Waals surface area contributed by atoms with E-state index >= 15 is 0 Å². The molecule has 0 aromatic heterocycles. The molecule has 0 aliphatic carbocycles. The molecule has 0 heterocycles. The van der Waals surface area contributed by atoms with Gasteiger partial charge in [0, 0.05) is 11.6 Å². The molecule has 7 nitrogen and oxygen atoms in total. The third-order valence-electron chi connectivity index (χ3n) is 5.94. The number of sulfonamides is 1. The lowest BCUT2D eigenvalue weighted by Gasteiger charge is -2.23. The highest BCUT2D eigenvalue weighted by Gasteiger charge is 2.30. The number of aryl methyl sites for hydroxylation is 1. The molecule has 9 heteroatoms. The van der Waals surface area contributed by atoms with E-state index in [9.17, 15) is 13.2 Å². The van der Waals surface area contributed by atoms with Crippen LogP contribution in [0.2, 0.25) is 5.02 Å². The van der Waals surface area contributed by atoms with E-state index < -0.39 is 22.5 Å². The van der Waals surface area contributed by atoms with Crippen LogP contribution in [0.5, 0.6) is 17.2 Å². The molecule has 1 amide bonds. The zero-order valence-electron chi connectivity index (χ0n) is 21.6. The van der Waals surface area contributed by atoms with Crippen molar-refractivity contribution in [3.63, 3.8) is 0 Å². The second kappa shape index (κ2) is 12.8. The van der Waals surface area contributed by atoms with E-state index in [1.165, 1.54) is 7.11 Å². The van der Waals surface area contributed by atoms with Gasteiger partial charge in [-0.05, 0) is 66.9 Å². The van der Waals surface area contributed by atoms with Crippen molar-refractivity contribution in [1.29, 1.82) is 0 Å². The van der Waals surface area contributed by atoms with Crippen molar-refractivity contribution in [2.75, 3.05) is 25.5 Å². The summed E-state index contributed by atoms with van der Waals surface area (Å²) in [5.41, 5.74) is 2.02. The van der Waals surface area contributed by atoms with Gasteiger partial charge in [0.25, 0.3) is 0 Å². The average molecular weight is 565 g/mol. The van der Waals surface area contributed by atoms with E-state index in [2.05, 4.69) is 5.32 Å². The first-order valence-electron chi connectivity index (χ1n) is 12.3. The third-order valence-corrected chi connectivity index (χ3v) is 8.04. The van der Waals surface area contributed by atoms with E-state index in [0.717, 1.165) is 15.4 Å². The van der Waals surface area contributed by atoms with Crippen LogP contribution in [-0.2, 0) is 21.2 Å². The van der Waals surface area contributed by atoms with Gasteiger partial charge in [-0.3, -0.25) is 4.79 Å². The van der Waals surface area contributed by atoms with Gasteiger partial charge in [0.1, 0.15) is 16.4 Å². The normalized spacial score (nSPS) is 11.3. The lowest BCUT2D eigenvalue weighted by Crippen LogP contribution is -2.39. The zero-order valence-corrected chi connectivity index (χ0v) is 23.2. The fourth-order valence-corrected chi connectivity index (χ4v) is 5.77. The number of carbonyl (C=O) groups excluding carboxylic acids is 1. The fraction of sp³-hybridized carbons (Fsp3) is 0.167. The Morgan fingerprint density at radius 1 is 0.897 bits per heavy atom. The topological polar surface area (TPSA) is 84.9 Å². The minimum atomic E-state index is -4.10. The minimum Gasteiger partial charge on any atom is -0.495 e. The Bertz CT molecular complexity index is 1530. The van der Waals surface area contributed by atoms with Gasteiger partial charge < -0.3 is 14.8 Å². The van der Waals surface area contributed by atoms with E-state index in [1.807, 2.05) is 48.5 Å². The maximum atomic E-state index is 13.9. The van der Waals surface area contributed by atoms with Crippen molar-refractivity contribution in [2.24, 2.45) is 0 Å². The second-order valence-electron chi connectivity index (χ2n) is 8.83. The van der Waals surface area contributed by atoms with Crippen LogP contribution >= 0.6 is 11.6 Å².